The van der Waals surface area contributed by atoms with Gasteiger partial charge in [-0.2, -0.15) is 0 Å². The van der Waals surface area contributed by atoms with Crippen molar-refractivity contribution < 1.29 is 9.59 Å². The summed E-state index contributed by atoms with van der Waals surface area (Å²) < 4.78 is 0. The molecule has 1 heterocycles. The zero-order valence-corrected chi connectivity index (χ0v) is 18.8. The van der Waals surface area contributed by atoms with E-state index in [2.05, 4.69) is 18.2 Å². The predicted octanol–water partition coefficient (Wildman–Crippen LogP) is 6.33. The van der Waals surface area contributed by atoms with Crippen LogP contribution in [0.15, 0.2) is 72.8 Å². The van der Waals surface area contributed by atoms with E-state index in [1.165, 1.54) is 5.56 Å². The lowest BCUT2D eigenvalue weighted by molar-refractivity contribution is -0.123. The molecule has 0 saturated carbocycles. The van der Waals surface area contributed by atoms with Crippen molar-refractivity contribution in [2.75, 3.05) is 4.90 Å². The first-order valence-corrected chi connectivity index (χ1v) is 10.8. The number of hydrogen-bond donors (Lipinski definition) is 0. The van der Waals surface area contributed by atoms with E-state index in [1.807, 2.05) is 36.4 Å². The number of benzene rings is 3. The van der Waals surface area contributed by atoms with Gasteiger partial charge in [-0.25, -0.2) is 9.69 Å². The molecular formula is C25H22Cl2N2O2. The van der Waals surface area contributed by atoms with Gasteiger partial charge in [0.25, 0.3) is 5.91 Å². The Hall–Kier alpha value is -2.82. The number of urea groups is 1. The van der Waals surface area contributed by atoms with Gasteiger partial charge in [-0.1, -0.05) is 77.8 Å². The molecule has 0 aliphatic carbocycles. The second-order valence-corrected chi connectivity index (χ2v) is 8.94. The Morgan fingerprint density at radius 3 is 2.19 bits per heavy atom. The molecular weight excluding hydrogens is 431 g/mol. The maximum Gasteiger partial charge on any atom is 0.332 e. The first-order valence-electron chi connectivity index (χ1n) is 10.0. The third-order valence-corrected chi connectivity index (χ3v) is 6.21. The summed E-state index contributed by atoms with van der Waals surface area (Å²) in [6.45, 7) is 3.83. The van der Waals surface area contributed by atoms with Crippen LogP contribution in [-0.4, -0.2) is 22.4 Å². The summed E-state index contributed by atoms with van der Waals surface area (Å²) in [5.74, 6) is -0.331. The van der Waals surface area contributed by atoms with E-state index in [1.54, 1.807) is 36.9 Å². The molecule has 1 aliphatic heterocycles. The number of imide groups is 1. The average Bonchev–Trinajstić information content (AvgIpc) is 2.91. The molecule has 1 saturated heterocycles. The maximum atomic E-state index is 13.4. The van der Waals surface area contributed by atoms with E-state index in [9.17, 15) is 9.59 Å². The molecule has 158 valence electrons. The lowest BCUT2D eigenvalue weighted by Gasteiger charge is -2.28. The fourth-order valence-corrected chi connectivity index (χ4v) is 4.21. The largest absolute Gasteiger partial charge is 0.332 e. The van der Waals surface area contributed by atoms with E-state index in [0.717, 1.165) is 22.4 Å². The third-order valence-electron chi connectivity index (χ3n) is 5.66. The number of amides is 3. The van der Waals surface area contributed by atoms with Gasteiger partial charge in [0.05, 0.1) is 10.7 Å². The van der Waals surface area contributed by atoms with Gasteiger partial charge in [0.15, 0.2) is 0 Å². The highest BCUT2D eigenvalue weighted by Crippen LogP contribution is 2.38. The van der Waals surface area contributed by atoms with E-state index >= 15 is 0 Å². The normalized spacial score (nSPS) is 15.6. The molecule has 0 unspecified atom stereocenters. The van der Waals surface area contributed by atoms with Crippen LogP contribution >= 0.6 is 23.2 Å². The highest BCUT2D eigenvalue weighted by molar-refractivity contribution is 6.37. The zero-order valence-electron chi connectivity index (χ0n) is 17.3. The van der Waals surface area contributed by atoms with E-state index in [-0.39, 0.29) is 5.91 Å². The highest BCUT2D eigenvalue weighted by Gasteiger charge is 2.52. The fraction of sp³-hybridized carbons (Fsp3) is 0.200. The third kappa shape index (κ3) is 4.06. The molecule has 6 heteroatoms. The van der Waals surface area contributed by atoms with Crippen LogP contribution in [0.5, 0.6) is 0 Å². The smallest absolute Gasteiger partial charge is 0.305 e. The van der Waals surface area contributed by atoms with E-state index < -0.39 is 11.6 Å². The standard InChI is InChI=1S/C25H22Cl2N2O2/c1-25(2)23(30)29(22-15-20(26)12-13-21(22)27)24(31)28(25)16-19-11-7-6-10-18(19)14-17-8-4-3-5-9-17/h3-13,15H,14,16H2,1-2H3. The molecule has 0 spiro atoms. The number of hydrogen-bond acceptors (Lipinski definition) is 2. The van der Waals surface area contributed by atoms with Crippen molar-refractivity contribution >= 4 is 40.8 Å². The number of nitrogens with zero attached hydrogens (tertiary/aromatic N) is 2. The average molecular weight is 453 g/mol. The van der Waals surface area contributed by atoms with Crippen LogP contribution in [0.1, 0.15) is 30.5 Å². The van der Waals surface area contributed by atoms with Gasteiger partial charge in [-0.05, 0) is 55.2 Å². The van der Waals surface area contributed by atoms with Gasteiger partial charge in [0.2, 0.25) is 0 Å². The molecule has 0 aromatic heterocycles. The van der Waals surface area contributed by atoms with Crippen molar-refractivity contribution in [2.24, 2.45) is 0 Å². The molecule has 0 N–H and O–H groups in total. The first kappa shape index (κ1) is 21.4. The monoisotopic (exact) mass is 452 g/mol. The molecule has 0 bridgehead atoms. The second-order valence-electron chi connectivity index (χ2n) is 8.10. The van der Waals surface area contributed by atoms with Crippen LogP contribution in [0, 0.1) is 0 Å². The number of halogens is 2. The Bertz CT molecular complexity index is 1150. The minimum Gasteiger partial charge on any atom is -0.305 e. The number of carbonyl (C=O) groups is 2. The number of anilines is 1. The molecule has 3 amide bonds. The fourth-order valence-electron chi connectivity index (χ4n) is 3.84. The van der Waals surface area contributed by atoms with Gasteiger partial charge in [-0.3, -0.25) is 4.79 Å². The summed E-state index contributed by atoms with van der Waals surface area (Å²) in [6.07, 6.45) is 0.747. The van der Waals surface area contributed by atoms with E-state index in [0.29, 0.717) is 22.3 Å². The van der Waals surface area contributed by atoms with Crippen LogP contribution < -0.4 is 4.90 Å². The van der Waals surface area contributed by atoms with Crippen molar-refractivity contribution in [3.63, 3.8) is 0 Å². The summed E-state index contributed by atoms with van der Waals surface area (Å²) in [5, 5.41) is 0.706. The lowest BCUT2D eigenvalue weighted by Crippen LogP contribution is -2.43. The SMILES string of the molecule is CC1(C)C(=O)N(c2cc(Cl)ccc2Cl)C(=O)N1Cc1ccccc1Cc1ccccc1. The number of rotatable bonds is 5. The minimum absolute atomic E-state index is 0.299. The van der Waals surface area contributed by atoms with Gasteiger partial charge in [0, 0.05) is 11.6 Å². The molecule has 3 aromatic rings. The van der Waals surface area contributed by atoms with Gasteiger partial charge < -0.3 is 4.90 Å². The van der Waals surface area contributed by atoms with Crippen LogP contribution in [0.3, 0.4) is 0 Å². The van der Waals surface area contributed by atoms with Crippen molar-refractivity contribution in [3.8, 4) is 0 Å². The number of carbonyl (C=O) groups excluding carboxylic acids is 2. The summed E-state index contributed by atoms with van der Waals surface area (Å²) in [7, 11) is 0. The Balaban J connectivity index is 1.67. The van der Waals surface area contributed by atoms with Gasteiger partial charge >= 0.3 is 6.03 Å². The molecule has 0 atom stereocenters. The lowest BCUT2D eigenvalue weighted by atomic mass is 9.97. The highest BCUT2D eigenvalue weighted by atomic mass is 35.5. The van der Waals surface area contributed by atoms with Crippen molar-refractivity contribution in [2.45, 2.75) is 32.4 Å². The molecule has 1 aliphatic rings. The van der Waals surface area contributed by atoms with Crippen molar-refractivity contribution in [1.29, 1.82) is 0 Å². The quantitative estimate of drug-likeness (QED) is 0.424. The van der Waals surface area contributed by atoms with Crippen LogP contribution in [0.4, 0.5) is 10.5 Å². The topological polar surface area (TPSA) is 40.6 Å². The molecule has 4 rings (SSSR count). The Labute approximate surface area is 192 Å². The summed E-state index contributed by atoms with van der Waals surface area (Å²) in [5.41, 5.74) is 2.58. The second kappa shape index (κ2) is 8.37. The van der Waals surface area contributed by atoms with Crippen LogP contribution in [0.25, 0.3) is 0 Å². The van der Waals surface area contributed by atoms with Gasteiger partial charge in [-0.15, -0.1) is 0 Å². The molecule has 1 fully saturated rings. The zero-order chi connectivity index (χ0) is 22.2. The van der Waals surface area contributed by atoms with Gasteiger partial charge in [0.1, 0.15) is 5.54 Å². The minimum atomic E-state index is -1.03. The Kier molecular flexibility index (Phi) is 5.78. The van der Waals surface area contributed by atoms with Crippen molar-refractivity contribution in [3.05, 3.63) is 99.5 Å². The Morgan fingerprint density at radius 1 is 0.839 bits per heavy atom. The predicted molar refractivity (Wildman–Crippen MR) is 125 cm³/mol. The molecule has 0 radical (unpaired) electrons. The summed E-state index contributed by atoms with van der Waals surface area (Å²) in [6, 6.07) is 22.5. The van der Waals surface area contributed by atoms with Crippen molar-refractivity contribution in [1.82, 2.24) is 4.90 Å². The summed E-state index contributed by atoms with van der Waals surface area (Å²) in [4.78, 5) is 29.4. The molecule has 31 heavy (non-hydrogen) atoms. The van der Waals surface area contributed by atoms with E-state index in [4.69, 9.17) is 23.2 Å². The summed E-state index contributed by atoms with van der Waals surface area (Å²) >= 11 is 12.4. The Morgan fingerprint density at radius 2 is 1.48 bits per heavy atom. The first-order chi connectivity index (χ1) is 14.8. The molecule has 3 aromatic carbocycles. The maximum absolute atomic E-state index is 13.4. The van der Waals surface area contributed by atoms with Crippen LogP contribution in [0.2, 0.25) is 10.0 Å². The van der Waals surface area contributed by atoms with Crippen LogP contribution in [-0.2, 0) is 17.8 Å². The molecule has 4 nitrogen and oxygen atoms in total.